The Bertz CT molecular complexity index is 597. The molecule has 0 bridgehead atoms. The maximum Gasteiger partial charge on any atom is 0.225 e. The third-order valence-electron chi connectivity index (χ3n) is 6.04. The van der Waals surface area contributed by atoms with E-state index in [0.29, 0.717) is 18.5 Å². The molecule has 3 rings (SSSR count). The van der Waals surface area contributed by atoms with Crippen molar-refractivity contribution in [3.8, 4) is 0 Å². The van der Waals surface area contributed by atoms with E-state index in [1.165, 1.54) is 6.42 Å². The van der Waals surface area contributed by atoms with Crippen LogP contribution in [-0.4, -0.2) is 34.3 Å². The molecule has 1 unspecified atom stereocenters. The highest BCUT2D eigenvalue weighted by Crippen LogP contribution is 2.32. The molecular formula is C21H31N3O2. The van der Waals surface area contributed by atoms with Gasteiger partial charge in [-0.05, 0) is 69.1 Å². The fourth-order valence-corrected chi connectivity index (χ4v) is 4.39. The van der Waals surface area contributed by atoms with Crippen LogP contribution in [0.4, 0.5) is 0 Å². The minimum atomic E-state index is 0.0456. The Balaban J connectivity index is 1.46. The number of aromatic nitrogens is 1. The number of hydrogen-bond donors (Lipinski definition) is 1. The van der Waals surface area contributed by atoms with E-state index < -0.39 is 0 Å². The molecule has 2 fully saturated rings. The van der Waals surface area contributed by atoms with Crippen LogP contribution in [0.25, 0.3) is 0 Å². The minimum absolute atomic E-state index is 0.0456. The predicted molar refractivity (Wildman–Crippen MR) is 101 cm³/mol. The van der Waals surface area contributed by atoms with Crippen molar-refractivity contribution in [2.45, 2.75) is 70.9 Å². The SMILES string of the molecule is CCC1CCCCN1C(=O)C1CCC(C(=O)NCc2ccncc2)CC1. The first-order chi connectivity index (χ1) is 12.7. The Morgan fingerprint density at radius 3 is 2.46 bits per heavy atom. The highest BCUT2D eigenvalue weighted by molar-refractivity contribution is 5.81. The molecule has 0 aromatic carbocycles. The maximum absolute atomic E-state index is 12.9. The summed E-state index contributed by atoms with van der Waals surface area (Å²) < 4.78 is 0. The number of nitrogens with zero attached hydrogens (tertiary/aromatic N) is 2. The van der Waals surface area contributed by atoms with E-state index in [9.17, 15) is 9.59 Å². The van der Waals surface area contributed by atoms with Gasteiger partial charge in [-0.2, -0.15) is 0 Å². The van der Waals surface area contributed by atoms with Crippen LogP contribution in [-0.2, 0) is 16.1 Å². The van der Waals surface area contributed by atoms with Gasteiger partial charge in [0.15, 0.2) is 0 Å². The van der Waals surface area contributed by atoms with E-state index in [0.717, 1.165) is 57.1 Å². The monoisotopic (exact) mass is 357 g/mol. The number of amides is 2. The van der Waals surface area contributed by atoms with Gasteiger partial charge in [0.05, 0.1) is 0 Å². The number of pyridine rings is 1. The largest absolute Gasteiger partial charge is 0.352 e. The van der Waals surface area contributed by atoms with Crippen LogP contribution in [0.15, 0.2) is 24.5 Å². The number of nitrogens with one attached hydrogen (secondary N) is 1. The van der Waals surface area contributed by atoms with Gasteiger partial charge in [0.2, 0.25) is 11.8 Å². The molecule has 1 aromatic rings. The number of carbonyl (C=O) groups is 2. The third kappa shape index (κ3) is 4.63. The van der Waals surface area contributed by atoms with Crippen molar-refractivity contribution in [3.63, 3.8) is 0 Å². The molecule has 26 heavy (non-hydrogen) atoms. The summed E-state index contributed by atoms with van der Waals surface area (Å²) in [6.45, 7) is 3.65. The quantitative estimate of drug-likeness (QED) is 0.879. The summed E-state index contributed by atoms with van der Waals surface area (Å²) in [5.74, 6) is 0.625. The van der Waals surface area contributed by atoms with Gasteiger partial charge in [0.1, 0.15) is 0 Å². The Kier molecular flexibility index (Phi) is 6.64. The molecule has 2 heterocycles. The fourth-order valence-electron chi connectivity index (χ4n) is 4.39. The number of rotatable bonds is 5. The molecule has 1 saturated heterocycles. The number of carbonyl (C=O) groups excluding carboxylic acids is 2. The predicted octanol–water partition coefficient (Wildman–Crippen LogP) is 3.30. The molecule has 2 aliphatic rings. The summed E-state index contributed by atoms with van der Waals surface area (Å²) >= 11 is 0. The normalized spacial score (nSPS) is 26.3. The lowest BCUT2D eigenvalue weighted by molar-refractivity contribution is -0.142. The van der Waals surface area contributed by atoms with Gasteiger partial charge in [-0.15, -0.1) is 0 Å². The molecule has 0 spiro atoms. The van der Waals surface area contributed by atoms with E-state index in [-0.39, 0.29) is 17.7 Å². The average molecular weight is 357 g/mol. The van der Waals surface area contributed by atoms with Crippen molar-refractivity contribution in [1.82, 2.24) is 15.2 Å². The summed E-state index contributed by atoms with van der Waals surface area (Å²) in [6.07, 6.45) is 11.4. The molecule has 1 saturated carbocycles. The van der Waals surface area contributed by atoms with Crippen molar-refractivity contribution in [1.29, 1.82) is 0 Å². The van der Waals surface area contributed by atoms with Gasteiger partial charge in [-0.25, -0.2) is 0 Å². The van der Waals surface area contributed by atoms with Crippen molar-refractivity contribution in [3.05, 3.63) is 30.1 Å². The van der Waals surface area contributed by atoms with Crippen molar-refractivity contribution < 1.29 is 9.59 Å². The lowest BCUT2D eigenvalue weighted by Gasteiger charge is -2.39. The highest BCUT2D eigenvalue weighted by Gasteiger charge is 2.34. The Morgan fingerprint density at radius 1 is 1.08 bits per heavy atom. The van der Waals surface area contributed by atoms with Crippen molar-refractivity contribution in [2.75, 3.05) is 6.54 Å². The van der Waals surface area contributed by atoms with Crippen molar-refractivity contribution in [2.24, 2.45) is 11.8 Å². The zero-order valence-electron chi connectivity index (χ0n) is 15.8. The minimum Gasteiger partial charge on any atom is -0.352 e. The Hall–Kier alpha value is -1.91. The van der Waals surface area contributed by atoms with Crippen LogP contribution in [0.1, 0.15) is 63.9 Å². The average Bonchev–Trinajstić information content (AvgIpc) is 2.72. The Labute approximate surface area is 156 Å². The molecule has 1 N–H and O–H groups in total. The van der Waals surface area contributed by atoms with Crippen LogP contribution < -0.4 is 5.32 Å². The molecule has 5 nitrogen and oxygen atoms in total. The highest BCUT2D eigenvalue weighted by atomic mass is 16.2. The van der Waals surface area contributed by atoms with Gasteiger partial charge in [0.25, 0.3) is 0 Å². The van der Waals surface area contributed by atoms with E-state index in [1.807, 2.05) is 12.1 Å². The Morgan fingerprint density at radius 2 is 1.77 bits per heavy atom. The van der Waals surface area contributed by atoms with E-state index in [2.05, 4.69) is 22.1 Å². The first-order valence-electron chi connectivity index (χ1n) is 10.2. The zero-order chi connectivity index (χ0) is 18.4. The summed E-state index contributed by atoms with van der Waals surface area (Å²) in [7, 11) is 0. The van der Waals surface area contributed by atoms with Crippen LogP contribution in [0.5, 0.6) is 0 Å². The lowest BCUT2D eigenvalue weighted by atomic mass is 9.80. The molecule has 1 aromatic heterocycles. The van der Waals surface area contributed by atoms with Crippen molar-refractivity contribution >= 4 is 11.8 Å². The van der Waals surface area contributed by atoms with Crippen LogP contribution in [0.3, 0.4) is 0 Å². The molecule has 0 radical (unpaired) electrons. The number of piperidine rings is 1. The first kappa shape index (κ1) is 18.9. The van der Waals surface area contributed by atoms with Crippen LogP contribution >= 0.6 is 0 Å². The molecule has 5 heteroatoms. The van der Waals surface area contributed by atoms with Gasteiger partial charge < -0.3 is 10.2 Å². The van der Waals surface area contributed by atoms with E-state index >= 15 is 0 Å². The molecule has 1 atom stereocenters. The summed E-state index contributed by atoms with van der Waals surface area (Å²) in [6, 6.07) is 4.26. The summed E-state index contributed by atoms with van der Waals surface area (Å²) in [5, 5.41) is 3.03. The van der Waals surface area contributed by atoms with Gasteiger partial charge >= 0.3 is 0 Å². The molecule has 1 aliphatic carbocycles. The summed E-state index contributed by atoms with van der Waals surface area (Å²) in [4.78, 5) is 31.5. The standard InChI is InChI=1S/C21H31N3O2/c1-2-19-5-3-4-14-24(19)21(26)18-8-6-17(7-9-18)20(25)23-15-16-10-12-22-13-11-16/h10-13,17-19H,2-9,14-15H2,1H3,(H,23,25). The first-order valence-corrected chi connectivity index (χ1v) is 10.2. The van der Waals surface area contributed by atoms with Gasteiger partial charge in [0, 0.05) is 43.4 Å². The topological polar surface area (TPSA) is 62.3 Å². The van der Waals surface area contributed by atoms with Crippen LogP contribution in [0.2, 0.25) is 0 Å². The maximum atomic E-state index is 12.9. The lowest BCUT2D eigenvalue weighted by Crippen LogP contribution is -2.47. The number of hydrogen-bond acceptors (Lipinski definition) is 3. The van der Waals surface area contributed by atoms with Gasteiger partial charge in [-0.1, -0.05) is 6.92 Å². The molecular weight excluding hydrogens is 326 g/mol. The second-order valence-electron chi connectivity index (χ2n) is 7.71. The van der Waals surface area contributed by atoms with Crippen LogP contribution in [0, 0.1) is 11.8 Å². The molecule has 2 amide bonds. The second kappa shape index (κ2) is 9.15. The van der Waals surface area contributed by atoms with E-state index in [1.54, 1.807) is 12.4 Å². The van der Waals surface area contributed by atoms with Gasteiger partial charge in [-0.3, -0.25) is 14.6 Å². The molecule has 142 valence electrons. The second-order valence-corrected chi connectivity index (χ2v) is 7.71. The third-order valence-corrected chi connectivity index (χ3v) is 6.04. The smallest absolute Gasteiger partial charge is 0.225 e. The van der Waals surface area contributed by atoms with E-state index in [4.69, 9.17) is 0 Å². The zero-order valence-corrected chi connectivity index (χ0v) is 15.8. The fraction of sp³-hybridized carbons (Fsp3) is 0.667. The summed E-state index contributed by atoms with van der Waals surface area (Å²) in [5.41, 5.74) is 1.06. The molecule has 1 aliphatic heterocycles. The number of likely N-dealkylation sites (tertiary alicyclic amines) is 1.